The van der Waals surface area contributed by atoms with E-state index in [9.17, 15) is 9.59 Å². The van der Waals surface area contributed by atoms with Gasteiger partial charge in [-0.05, 0) is 47.8 Å². The first-order valence-electron chi connectivity index (χ1n) is 9.98. The van der Waals surface area contributed by atoms with Crippen molar-refractivity contribution in [3.05, 3.63) is 81.5 Å². The van der Waals surface area contributed by atoms with Crippen molar-refractivity contribution in [2.24, 2.45) is 0 Å². The zero-order valence-corrected chi connectivity index (χ0v) is 18.1. The highest BCUT2D eigenvalue weighted by Crippen LogP contribution is 2.38. The number of amides is 1. The summed E-state index contributed by atoms with van der Waals surface area (Å²) in [5.74, 6) is -0.655. The molecule has 7 heteroatoms. The number of methoxy groups -OCH3 is 1. The number of benzene rings is 2. The zero-order valence-electron chi connectivity index (χ0n) is 17.3. The molecule has 1 aliphatic rings. The van der Waals surface area contributed by atoms with Crippen molar-refractivity contribution in [3.63, 3.8) is 0 Å². The molecule has 0 saturated carbocycles. The molecule has 0 bridgehead atoms. The van der Waals surface area contributed by atoms with Crippen LogP contribution in [0.5, 0.6) is 0 Å². The first-order valence-corrected chi connectivity index (χ1v) is 10.9. The Labute approximate surface area is 184 Å². The summed E-state index contributed by atoms with van der Waals surface area (Å²) in [4.78, 5) is 24.8. The maximum absolute atomic E-state index is 13.0. The van der Waals surface area contributed by atoms with Crippen LogP contribution in [0.4, 0.5) is 11.4 Å². The van der Waals surface area contributed by atoms with Gasteiger partial charge in [0, 0.05) is 28.7 Å². The second-order valence-electron chi connectivity index (χ2n) is 7.07. The van der Waals surface area contributed by atoms with Crippen molar-refractivity contribution < 1.29 is 14.3 Å². The SMILES string of the molecule is CCNCc1ccc(N/C(=C2\C(=O)Nc3cc(C(=O)OC)ccc32)c2ccsc2)cc1. The lowest BCUT2D eigenvalue weighted by Gasteiger charge is -2.14. The number of hydrogen-bond donors (Lipinski definition) is 3. The number of ether oxygens (including phenoxy) is 1. The normalized spacial score (nSPS) is 14.1. The molecule has 4 rings (SSSR count). The average molecular weight is 434 g/mol. The van der Waals surface area contributed by atoms with E-state index < -0.39 is 5.97 Å². The summed E-state index contributed by atoms with van der Waals surface area (Å²) in [5, 5.41) is 13.6. The lowest BCUT2D eigenvalue weighted by atomic mass is 10.00. The van der Waals surface area contributed by atoms with Crippen LogP contribution in [0, 0.1) is 0 Å². The van der Waals surface area contributed by atoms with Gasteiger partial charge in [0.1, 0.15) is 0 Å². The van der Waals surface area contributed by atoms with E-state index in [1.54, 1.807) is 29.5 Å². The molecular formula is C24H23N3O3S. The predicted molar refractivity (Wildman–Crippen MR) is 125 cm³/mol. The Balaban J connectivity index is 1.73. The first kappa shape index (κ1) is 20.8. The van der Waals surface area contributed by atoms with Gasteiger partial charge in [0.2, 0.25) is 0 Å². The monoisotopic (exact) mass is 433 g/mol. The van der Waals surface area contributed by atoms with E-state index in [4.69, 9.17) is 4.74 Å². The smallest absolute Gasteiger partial charge is 0.337 e. The van der Waals surface area contributed by atoms with E-state index in [1.165, 1.54) is 12.7 Å². The van der Waals surface area contributed by atoms with Gasteiger partial charge >= 0.3 is 5.97 Å². The van der Waals surface area contributed by atoms with E-state index in [0.717, 1.165) is 35.6 Å². The van der Waals surface area contributed by atoms with Gasteiger partial charge in [0.05, 0.1) is 29.6 Å². The molecular weight excluding hydrogens is 410 g/mol. The molecule has 0 radical (unpaired) electrons. The summed E-state index contributed by atoms with van der Waals surface area (Å²) < 4.78 is 4.79. The van der Waals surface area contributed by atoms with Gasteiger partial charge in [0.25, 0.3) is 5.91 Å². The van der Waals surface area contributed by atoms with Gasteiger partial charge in [-0.2, -0.15) is 11.3 Å². The van der Waals surface area contributed by atoms with Crippen molar-refractivity contribution in [1.82, 2.24) is 5.32 Å². The summed E-state index contributed by atoms with van der Waals surface area (Å²) in [6, 6.07) is 15.2. The Kier molecular flexibility index (Phi) is 6.16. The van der Waals surface area contributed by atoms with Crippen molar-refractivity contribution in [2.45, 2.75) is 13.5 Å². The first-order chi connectivity index (χ1) is 15.1. The van der Waals surface area contributed by atoms with Gasteiger partial charge in [-0.3, -0.25) is 4.79 Å². The summed E-state index contributed by atoms with van der Waals surface area (Å²) >= 11 is 1.57. The minimum absolute atomic E-state index is 0.213. The summed E-state index contributed by atoms with van der Waals surface area (Å²) in [6.07, 6.45) is 0. The molecule has 1 aliphatic heterocycles. The maximum atomic E-state index is 13.0. The molecule has 2 heterocycles. The summed E-state index contributed by atoms with van der Waals surface area (Å²) in [7, 11) is 1.33. The van der Waals surface area contributed by atoms with Gasteiger partial charge in [0.15, 0.2) is 0 Å². The van der Waals surface area contributed by atoms with Crippen LogP contribution in [0.2, 0.25) is 0 Å². The number of rotatable bonds is 7. The Morgan fingerprint density at radius 3 is 2.58 bits per heavy atom. The fourth-order valence-corrected chi connectivity index (χ4v) is 4.12. The number of hydrogen-bond acceptors (Lipinski definition) is 6. The van der Waals surface area contributed by atoms with Crippen LogP contribution in [-0.2, 0) is 16.1 Å². The highest BCUT2D eigenvalue weighted by molar-refractivity contribution is 7.08. The van der Waals surface area contributed by atoms with Crippen LogP contribution >= 0.6 is 11.3 Å². The molecule has 0 saturated heterocycles. The highest BCUT2D eigenvalue weighted by atomic mass is 32.1. The van der Waals surface area contributed by atoms with E-state index >= 15 is 0 Å². The fraction of sp³-hybridized carbons (Fsp3) is 0.167. The van der Waals surface area contributed by atoms with Gasteiger partial charge in [-0.25, -0.2) is 4.79 Å². The molecule has 6 nitrogen and oxygen atoms in total. The number of carbonyl (C=O) groups is 2. The highest BCUT2D eigenvalue weighted by Gasteiger charge is 2.29. The quantitative estimate of drug-likeness (QED) is 0.376. The topological polar surface area (TPSA) is 79.5 Å². The van der Waals surface area contributed by atoms with Crippen molar-refractivity contribution in [3.8, 4) is 0 Å². The lowest BCUT2D eigenvalue weighted by molar-refractivity contribution is -0.110. The molecule has 0 unspecified atom stereocenters. The van der Waals surface area contributed by atoms with E-state index in [0.29, 0.717) is 16.8 Å². The third-order valence-corrected chi connectivity index (χ3v) is 5.73. The Bertz CT molecular complexity index is 1140. The second-order valence-corrected chi connectivity index (χ2v) is 7.85. The molecule has 31 heavy (non-hydrogen) atoms. The molecule has 1 aromatic heterocycles. The molecule has 3 N–H and O–H groups in total. The molecule has 3 aromatic rings. The molecule has 2 aromatic carbocycles. The van der Waals surface area contributed by atoms with Crippen LogP contribution in [0.3, 0.4) is 0 Å². The van der Waals surface area contributed by atoms with Crippen molar-refractivity contribution >= 4 is 45.9 Å². The predicted octanol–water partition coefficient (Wildman–Crippen LogP) is 4.58. The van der Waals surface area contributed by atoms with E-state index in [-0.39, 0.29) is 5.91 Å². The number of nitrogens with one attached hydrogen (secondary N) is 3. The maximum Gasteiger partial charge on any atom is 0.337 e. The number of esters is 1. The minimum atomic E-state index is -0.441. The number of carbonyl (C=O) groups excluding carboxylic acids is 2. The number of thiophene rings is 1. The molecule has 158 valence electrons. The second kappa shape index (κ2) is 9.16. The van der Waals surface area contributed by atoms with Crippen LogP contribution in [-0.4, -0.2) is 25.5 Å². The zero-order chi connectivity index (χ0) is 21.8. The van der Waals surface area contributed by atoms with Crippen LogP contribution in [0.15, 0.2) is 59.3 Å². The van der Waals surface area contributed by atoms with Gasteiger partial charge in [-0.1, -0.05) is 25.1 Å². The third kappa shape index (κ3) is 4.38. The molecule has 1 amide bonds. The van der Waals surface area contributed by atoms with E-state index in [2.05, 4.69) is 35.0 Å². The standard InChI is InChI=1S/C24H23N3O3S/c1-3-25-13-15-4-7-18(8-5-15)26-22(17-10-11-31-14-17)21-19-9-6-16(24(29)30-2)12-20(19)27-23(21)28/h4-12,14,25-26H,3,13H2,1-2H3,(H,27,28)/b22-21-. The van der Waals surface area contributed by atoms with E-state index in [1.807, 2.05) is 29.0 Å². The molecule has 0 fully saturated rings. The average Bonchev–Trinajstić information content (AvgIpc) is 3.43. The number of anilines is 2. The summed E-state index contributed by atoms with van der Waals surface area (Å²) in [6.45, 7) is 3.81. The van der Waals surface area contributed by atoms with Crippen LogP contribution in [0.1, 0.15) is 34.0 Å². The van der Waals surface area contributed by atoms with Crippen LogP contribution in [0.25, 0.3) is 11.3 Å². The molecule has 0 spiro atoms. The lowest BCUT2D eigenvalue weighted by Crippen LogP contribution is -2.12. The third-order valence-electron chi connectivity index (χ3n) is 5.05. The van der Waals surface area contributed by atoms with Gasteiger partial charge < -0.3 is 20.7 Å². The van der Waals surface area contributed by atoms with Crippen molar-refractivity contribution in [1.29, 1.82) is 0 Å². The Morgan fingerprint density at radius 1 is 1.10 bits per heavy atom. The Morgan fingerprint density at radius 2 is 1.90 bits per heavy atom. The fourth-order valence-electron chi connectivity index (χ4n) is 3.47. The minimum Gasteiger partial charge on any atom is -0.465 e. The van der Waals surface area contributed by atoms with Gasteiger partial charge in [-0.15, -0.1) is 0 Å². The van der Waals surface area contributed by atoms with Crippen LogP contribution < -0.4 is 16.0 Å². The van der Waals surface area contributed by atoms with Crippen molar-refractivity contribution in [2.75, 3.05) is 24.3 Å². The largest absolute Gasteiger partial charge is 0.465 e. The Hall–Kier alpha value is -3.42. The molecule has 0 atom stereocenters. The summed E-state index contributed by atoms with van der Waals surface area (Å²) in [5.41, 5.74) is 6.01. The molecule has 0 aliphatic carbocycles. The number of fused-ring (bicyclic) bond motifs is 1.